The van der Waals surface area contributed by atoms with Crippen LogP contribution in [0.2, 0.25) is 10.0 Å². The van der Waals surface area contributed by atoms with Crippen LogP contribution in [0.3, 0.4) is 0 Å². The van der Waals surface area contributed by atoms with Gasteiger partial charge in [0.05, 0.1) is 16.4 Å². The van der Waals surface area contributed by atoms with Gasteiger partial charge in [-0.05, 0) is 69.6 Å². The fourth-order valence-corrected chi connectivity index (χ4v) is 4.85. The second-order valence-corrected chi connectivity index (χ2v) is 9.66. The van der Waals surface area contributed by atoms with E-state index in [4.69, 9.17) is 33.2 Å². The first-order valence-electron chi connectivity index (χ1n) is 11.3. The standard InChI is InChI=1S/C23H30Cl2N6O/c1-31(2)21-17-5-3-4-6-19(17)28-22(30-21)26-15-8-10-16(11-9-15)27-23(32)29-20-13-14(24)7-12-18(20)25/h7,12-13,15-16H,3-6,8-11H2,1-2H3,(H,26,28,30)(H2,27,29,32). The lowest BCUT2D eigenvalue weighted by Gasteiger charge is -2.30. The number of benzene rings is 1. The van der Waals surface area contributed by atoms with Crippen LogP contribution in [0, 0.1) is 0 Å². The third-order valence-electron chi connectivity index (χ3n) is 6.16. The van der Waals surface area contributed by atoms with E-state index in [1.165, 1.54) is 24.1 Å². The lowest BCUT2D eigenvalue weighted by atomic mass is 9.91. The van der Waals surface area contributed by atoms with Gasteiger partial charge in [-0.25, -0.2) is 9.78 Å². The normalized spacial score (nSPS) is 20.2. The predicted octanol–water partition coefficient (Wildman–Crippen LogP) is 5.27. The van der Waals surface area contributed by atoms with E-state index in [1.54, 1.807) is 18.2 Å². The van der Waals surface area contributed by atoms with Gasteiger partial charge in [-0.2, -0.15) is 4.98 Å². The van der Waals surface area contributed by atoms with Crippen molar-refractivity contribution < 1.29 is 4.79 Å². The summed E-state index contributed by atoms with van der Waals surface area (Å²) in [5.41, 5.74) is 2.99. The first-order chi connectivity index (χ1) is 15.4. The lowest BCUT2D eigenvalue weighted by molar-refractivity contribution is 0.243. The number of hydrogen-bond acceptors (Lipinski definition) is 5. The molecule has 0 saturated heterocycles. The maximum atomic E-state index is 12.4. The molecule has 2 amide bonds. The number of halogens is 2. The van der Waals surface area contributed by atoms with Crippen molar-refractivity contribution in [1.29, 1.82) is 0 Å². The zero-order valence-corrected chi connectivity index (χ0v) is 20.1. The van der Waals surface area contributed by atoms with Gasteiger partial charge >= 0.3 is 6.03 Å². The van der Waals surface area contributed by atoms with Crippen LogP contribution in [0.5, 0.6) is 0 Å². The van der Waals surface area contributed by atoms with Crippen LogP contribution in [0.1, 0.15) is 49.8 Å². The van der Waals surface area contributed by atoms with Gasteiger partial charge in [0.15, 0.2) is 0 Å². The van der Waals surface area contributed by atoms with E-state index < -0.39 is 0 Å². The van der Waals surface area contributed by atoms with Crippen LogP contribution < -0.4 is 20.9 Å². The van der Waals surface area contributed by atoms with Gasteiger partial charge in [0.25, 0.3) is 0 Å². The van der Waals surface area contributed by atoms with E-state index in [1.807, 2.05) is 14.1 Å². The summed E-state index contributed by atoms with van der Waals surface area (Å²) < 4.78 is 0. The van der Waals surface area contributed by atoms with Crippen molar-refractivity contribution in [2.75, 3.05) is 29.6 Å². The van der Waals surface area contributed by atoms with Crippen LogP contribution >= 0.6 is 23.2 Å². The molecule has 0 unspecified atom stereocenters. The van der Waals surface area contributed by atoms with Crippen molar-refractivity contribution >= 4 is 46.7 Å². The maximum Gasteiger partial charge on any atom is 0.319 e. The van der Waals surface area contributed by atoms with Crippen molar-refractivity contribution in [3.05, 3.63) is 39.5 Å². The molecular weight excluding hydrogens is 447 g/mol. The van der Waals surface area contributed by atoms with Crippen LogP contribution in [0.4, 0.5) is 22.2 Å². The first-order valence-corrected chi connectivity index (χ1v) is 12.0. The molecule has 3 N–H and O–H groups in total. The summed E-state index contributed by atoms with van der Waals surface area (Å²) in [6.07, 6.45) is 8.15. The molecule has 1 heterocycles. The zero-order valence-electron chi connectivity index (χ0n) is 18.5. The van der Waals surface area contributed by atoms with Crippen LogP contribution in [0.25, 0.3) is 0 Å². The van der Waals surface area contributed by atoms with Crippen molar-refractivity contribution in [2.24, 2.45) is 0 Å². The maximum absolute atomic E-state index is 12.4. The molecule has 0 radical (unpaired) electrons. The Kier molecular flexibility index (Phi) is 7.26. The Morgan fingerprint density at radius 3 is 2.50 bits per heavy atom. The Morgan fingerprint density at radius 1 is 1.03 bits per heavy atom. The molecule has 0 bridgehead atoms. The fourth-order valence-electron chi connectivity index (χ4n) is 4.51. The van der Waals surface area contributed by atoms with E-state index in [0.717, 1.165) is 50.3 Å². The molecule has 2 aliphatic carbocycles. The number of carbonyl (C=O) groups is 1. The number of aryl methyl sites for hydroxylation is 1. The number of carbonyl (C=O) groups excluding carboxylic acids is 1. The Bertz CT molecular complexity index is 975. The van der Waals surface area contributed by atoms with Crippen molar-refractivity contribution in [1.82, 2.24) is 15.3 Å². The monoisotopic (exact) mass is 476 g/mol. The van der Waals surface area contributed by atoms with Crippen molar-refractivity contribution in [3.63, 3.8) is 0 Å². The molecular formula is C23H30Cl2N6O. The summed E-state index contributed by atoms with van der Waals surface area (Å²) in [7, 11) is 4.08. The number of nitrogens with one attached hydrogen (secondary N) is 3. The van der Waals surface area contributed by atoms with E-state index in [-0.39, 0.29) is 12.1 Å². The SMILES string of the molecule is CN(C)c1nc(NC2CCC(NC(=O)Nc3cc(Cl)ccc3Cl)CC2)nc2c1CCCC2. The topological polar surface area (TPSA) is 82.2 Å². The largest absolute Gasteiger partial charge is 0.362 e. The minimum atomic E-state index is -0.265. The molecule has 2 aliphatic rings. The zero-order chi connectivity index (χ0) is 22.7. The van der Waals surface area contributed by atoms with Crippen molar-refractivity contribution in [2.45, 2.75) is 63.5 Å². The highest BCUT2D eigenvalue weighted by atomic mass is 35.5. The van der Waals surface area contributed by atoms with E-state index in [2.05, 4.69) is 20.9 Å². The summed E-state index contributed by atoms with van der Waals surface area (Å²) in [5.74, 6) is 1.75. The second kappa shape index (κ2) is 10.1. The first kappa shape index (κ1) is 22.9. The predicted molar refractivity (Wildman–Crippen MR) is 131 cm³/mol. The highest BCUT2D eigenvalue weighted by Gasteiger charge is 2.25. The highest BCUT2D eigenvalue weighted by molar-refractivity contribution is 6.35. The summed E-state index contributed by atoms with van der Waals surface area (Å²) in [5, 5.41) is 10.4. The minimum absolute atomic E-state index is 0.118. The highest BCUT2D eigenvalue weighted by Crippen LogP contribution is 2.30. The molecule has 9 heteroatoms. The van der Waals surface area contributed by atoms with Crippen molar-refractivity contribution in [3.8, 4) is 0 Å². The van der Waals surface area contributed by atoms with Gasteiger partial charge in [-0.15, -0.1) is 0 Å². The Labute approximate surface area is 199 Å². The van der Waals surface area contributed by atoms with Crippen LogP contribution in [0.15, 0.2) is 18.2 Å². The van der Waals surface area contributed by atoms with E-state index >= 15 is 0 Å². The Morgan fingerprint density at radius 2 is 1.75 bits per heavy atom. The van der Waals surface area contributed by atoms with Gasteiger partial charge in [-0.1, -0.05) is 23.2 Å². The molecule has 1 aromatic heterocycles. The number of hydrogen-bond donors (Lipinski definition) is 3. The quantitative estimate of drug-likeness (QED) is 0.547. The number of amides is 2. The molecule has 4 rings (SSSR count). The molecule has 7 nitrogen and oxygen atoms in total. The molecule has 1 saturated carbocycles. The smallest absolute Gasteiger partial charge is 0.319 e. The average Bonchev–Trinajstić information content (AvgIpc) is 2.77. The van der Waals surface area contributed by atoms with E-state index in [9.17, 15) is 4.79 Å². The number of fused-ring (bicyclic) bond motifs is 1. The summed E-state index contributed by atoms with van der Waals surface area (Å²) in [6.45, 7) is 0. The van der Waals surface area contributed by atoms with Crippen LogP contribution in [-0.4, -0.2) is 42.2 Å². The number of nitrogens with zero attached hydrogens (tertiary/aromatic N) is 3. The number of rotatable bonds is 5. The molecule has 0 aliphatic heterocycles. The number of anilines is 3. The minimum Gasteiger partial charge on any atom is -0.362 e. The molecule has 1 aromatic carbocycles. The van der Waals surface area contributed by atoms with Gasteiger partial charge in [-0.3, -0.25) is 0 Å². The van der Waals surface area contributed by atoms with Gasteiger partial charge in [0.1, 0.15) is 5.82 Å². The molecule has 172 valence electrons. The molecule has 32 heavy (non-hydrogen) atoms. The fraction of sp³-hybridized carbons (Fsp3) is 0.522. The van der Waals surface area contributed by atoms with Gasteiger partial charge in [0.2, 0.25) is 5.95 Å². The average molecular weight is 477 g/mol. The lowest BCUT2D eigenvalue weighted by Crippen LogP contribution is -2.42. The summed E-state index contributed by atoms with van der Waals surface area (Å²) >= 11 is 12.1. The number of urea groups is 1. The van der Waals surface area contributed by atoms with Crippen LogP contribution in [-0.2, 0) is 12.8 Å². The Balaban J connectivity index is 1.31. The second-order valence-electron chi connectivity index (χ2n) is 8.81. The molecule has 0 atom stereocenters. The Hall–Kier alpha value is -2.25. The van der Waals surface area contributed by atoms with Gasteiger partial charge < -0.3 is 20.9 Å². The van der Waals surface area contributed by atoms with Gasteiger partial charge in [0, 0.05) is 36.8 Å². The third-order valence-corrected chi connectivity index (χ3v) is 6.72. The third kappa shape index (κ3) is 5.56. The summed E-state index contributed by atoms with van der Waals surface area (Å²) in [4.78, 5) is 24.1. The summed E-state index contributed by atoms with van der Waals surface area (Å²) in [6, 6.07) is 5.16. The molecule has 0 spiro atoms. The van der Waals surface area contributed by atoms with E-state index in [0.29, 0.717) is 21.8 Å². The molecule has 1 fully saturated rings. The number of aromatic nitrogens is 2. The molecule has 2 aromatic rings.